The Bertz CT molecular complexity index is 1040. The van der Waals surface area contributed by atoms with Crippen LogP contribution in [0.5, 0.6) is 0 Å². The molecule has 1 saturated heterocycles. The standard InChI is InChI=1S/C24H27N3O2/c1-26-22-8-7-17(24(28)25-18-5-3-2-4-6-18)15-20(22)21-16-27(12-9-23(21)26)19-10-13-29-14-11-19/h2-8,15,19H,9-14,16H2,1H3,(H,25,28). The summed E-state index contributed by atoms with van der Waals surface area (Å²) in [6.07, 6.45) is 3.29. The number of hydrogen-bond donors (Lipinski definition) is 1. The van der Waals surface area contributed by atoms with Crippen molar-refractivity contribution < 1.29 is 9.53 Å². The van der Waals surface area contributed by atoms with E-state index in [-0.39, 0.29) is 5.91 Å². The molecule has 2 aliphatic heterocycles. The molecule has 0 spiro atoms. The van der Waals surface area contributed by atoms with Crippen LogP contribution in [0.15, 0.2) is 48.5 Å². The summed E-state index contributed by atoms with van der Waals surface area (Å²) >= 11 is 0. The second-order valence-corrected chi connectivity index (χ2v) is 8.10. The number of rotatable bonds is 3. The van der Waals surface area contributed by atoms with Crippen LogP contribution in [-0.2, 0) is 24.8 Å². The molecule has 1 fully saturated rings. The highest BCUT2D eigenvalue weighted by atomic mass is 16.5. The van der Waals surface area contributed by atoms with Gasteiger partial charge in [-0.2, -0.15) is 0 Å². The van der Waals surface area contributed by atoms with E-state index in [0.29, 0.717) is 11.6 Å². The van der Waals surface area contributed by atoms with Gasteiger partial charge in [-0.1, -0.05) is 18.2 Å². The molecule has 2 aliphatic rings. The summed E-state index contributed by atoms with van der Waals surface area (Å²) in [5.41, 5.74) is 5.52. The molecule has 5 rings (SSSR count). The number of carbonyl (C=O) groups is 1. The van der Waals surface area contributed by atoms with Crippen LogP contribution in [-0.4, -0.2) is 41.2 Å². The molecular weight excluding hydrogens is 362 g/mol. The number of anilines is 1. The molecule has 0 aliphatic carbocycles. The van der Waals surface area contributed by atoms with Crippen LogP contribution in [0.3, 0.4) is 0 Å². The quantitative estimate of drug-likeness (QED) is 0.737. The van der Waals surface area contributed by atoms with E-state index in [1.807, 2.05) is 36.4 Å². The molecule has 0 radical (unpaired) electrons. The molecule has 3 heterocycles. The second kappa shape index (κ2) is 7.65. The summed E-state index contributed by atoms with van der Waals surface area (Å²) < 4.78 is 7.86. The Kier molecular flexibility index (Phi) is 4.86. The normalized spacial score (nSPS) is 18.0. The topological polar surface area (TPSA) is 46.5 Å². The number of aromatic nitrogens is 1. The zero-order valence-electron chi connectivity index (χ0n) is 16.9. The van der Waals surface area contributed by atoms with Gasteiger partial charge in [0.2, 0.25) is 0 Å². The summed E-state index contributed by atoms with van der Waals surface area (Å²) in [5.74, 6) is -0.0622. The van der Waals surface area contributed by atoms with Crippen molar-refractivity contribution in [3.8, 4) is 0 Å². The van der Waals surface area contributed by atoms with Gasteiger partial charge in [0.1, 0.15) is 0 Å². The summed E-state index contributed by atoms with van der Waals surface area (Å²) in [5, 5.41) is 4.21. The molecular formula is C24H27N3O2. The number of ether oxygens (including phenoxy) is 1. The molecule has 2 aromatic carbocycles. The molecule has 0 bridgehead atoms. The number of para-hydroxylation sites is 1. The van der Waals surface area contributed by atoms with Crippen molar-refractivity contribution in [1.29, 1.82) is 0 Å². The van der Waals surface area contributed by atoms with Gasteiger partial charge >= 0.3 is 0 Å². The average Bonchev–Trinajstić information content (AvgIpc) is 3.06. The van der Waals surface area contributed by atoms with Gasteiger partial charge in [0.15, 0.2) is 0 Å². The first-order valence-corrected chi connectivity index (χ1v) is 10.5. The predicted octanol–water partition coefficient (Wildman–Crippen LogP) is 3.97. The number of benzene rings is 2. The lowest BCUT2D eigenvalue weighted by Gasteiger charge is -2.37. The third kappa shape index (κ3) is 3.45. The maximum absolute atomic E-state index is 12.8. The molecule has 1 aromatic heterocycles. The van der Waals surface area contributed by atoms with Crippen molar-refractivity contribution in [3.05, 3.63) is 65.4 Å². The highest BCUT2D eigenvalue weighted by molar-refractivity contribution is 6.06. The summed E-state index contributed by atoms with van der Waals surface area (Å²) in [7, 11) is 2.15. The van der Waals surface area contributed by atoms with Crippen LogP contribution in [0.25, 0.3) is 10.9 Å². The lowest BCUT2D eigenvalue weighted by Crippen LogP contribution is -2.42. The van der Waals surface area contributed by atoms with E-state index in [0.717, 1.165) is 51.3 Å². The van der Waals surface area contributed by atoms with Crippen LogP contribution in [0.4, 0.5) is 5.69 Å². The lowest BCUT2D eigenvalue weighted by molar-refractivity contribution is 0.0289. The van der Waals surface area contributed by atoms with Crippen molar-refractivity contribution in [2.24, 2.45) is 7.05 Å². The van der Waals surface area contributed by atoms with E-state index in [9.17, 15) is 4.79 Å². The molecule has 150 valence electrons. The highest BCUT2D eigenvalue weighted by Crippen LogP contribution is 2.33. The zero-order chi connectivity index (χ0) is 19.8. The first-order chi connectivity index (χ1) is 14.2. The molecule has 0 atom stereocenters. The van der Waals surface area contributed by atoms with Crippen molar-refractivity contribution in [3.63, 3.8) is 0 Å². The number of carbonyl (C=O) groups excluding carboxylic acids is 1. The number of fused-ring (bicyclic) bond motifs is 3. The summed E-state index contributed by atoms with van der Waals surface area (Å²) in [4.78, 5) is 15.4. The third-order valence-electron chi connectivity index (χ3n) is 6.43. The SMILES string of the molecule is Cn1c2c(c3cc(C(=O)Nc4ccccc4)ccc31)CN(C1CCOCC1)CC2. The van der Waals surface area contributed by atoms with Gasteiger partial charge in [0.25, 0.3) is 5.91 Å². The number of nitrogens with zero attached hydrogens (tertiary/aromatic N) is 2. The van der Waals surface area contributed by atoms with Crippen LogP contribution in [0.2, 0.25) is 0 Å². The predicted molar refractivity (Wildman–Crippen MR) is 115 cm³/mol. The molecule has 5 heteroatoms. The Morgan fingerprint density at radius 3 is 2.69 bits per heavy atom. The van der Waals surface area contributed by atoms with Gasteiger partial charge in [0, 0.05) is 73.7 Å². The smallest absolute Gasteiger partial charge is 0.255 e. The Balaban J connectivity index is 1.45. The fourth-order valence-corrected chi connectivity index (χ4v) is 4.83. The van der Waals surface area contributed by atoms with E-state index in [1.54, 1.807) is 0 Å². The van der Waals surface area contributed by atoms with Crippen LogP contribution < -0.4 is 5.32 Å². The molecule has 5 nitrogen and oxygen atoms in total. The van der Waals surface area contributed by atoms with Gasteiger partial charge in [-0.05, 0) is 48.7 Å². The van der Waals surface area contributed by atoms with Crippen LogP contribution in [0, 0.1) is 0 Å². The van der Waals surface area contributed by atoms with E-state index in [4.69, 9.17) is 4.74 Å². The molecule has 0 saturated carbocycles. The molecule has 3 aromatic rings. The van der Waals surface area contributed by atoms with Gasteiger partial charge in [0.05, 0.1) is 0 Å². The van der Waals surface area contributed by atoms with Crippen LogP contribution >= 0.6 is 0 Å². The Morgan fingerprint density at radius 1 is 1.10 bits per heavy atom. The fraction of sp³-hybridized carbons (Fsp3) is 0.375. The number of hydrogen-bond acceptors (Lipinski definition) is 3. The fourth-order valence-electron chi connectivity index (χ4n) is 4.83. The Labute approximate surface area is 171 Å². The van der Waals surface area contributed by atoms with E-state index in [2.05, 4.69) is 34.0 Å². The van der Waals surface area contributed by atoms with Crippen molar-refractivity contribution in [2.75, 3.05) is 25.1 Å². The molecule has 0 unspecified atom stereocenters. The minimum atomic E-state index is -0.0622. The number of nitrogens with one attached hydrogen (secondary N) is 1. The zero-order valence-corrected chi connectivity index (χ0v) is 16.9. The minimum Gasteiger partial charge on any atom is -0.381 e. The van der Waals surface area contributed by atoms with Gasteiger partial charge in [-0.15, -0.1) is 0 Å². The molecule has 1 N–H and O–H groups in total. The first kappa shape index (κ1) is 18.4. The van der Waals surface area contributed by atoms with E-state index in [1.165, 1.54) is 22.2 Å². The maximum Gasteiger partial charge on any atom is 0.255 e. The number of amides is 1. The van der Waals surface area contributed by atoms with Gasteiger partial charge in [-0.25, -0.2) is 0 Å². The highest BCUT2D eigenvalue weighted by Gasteiger charge is 2.28. The molecule has 1 amide bonds. The average molecular weight is 389 g/mol. The Morgan fingerprint density at radius 2 is 1.90 bits per heavy atom. The van der Waals surface area contributed by atoms with E-state index >= 15 is 0 Å². The van der Waals surface area contributed by atoms with Gasteiger partial charge in [-0.3, -0.25) is 9.69 Å². The summed E-state index contributed by atoms with van der Waals surface area (Å²) in [6.45, 7) is 3.80. The Hall–Kier alpha value is -2.63. The molecule has 29 heavy (non-hydrogen) atoms. The largest absolute Gasteiger partial charge is 0.381 e. The maximum atomic E-state index is 12.8. The first-order valence-electron chi connectivity index (χ1n) is 10.5. The third-order valence-corrected chi connectivity index (χ3v) is 6.43. The minimum absolute atomic E-state index is 0.0622. The van der Waals surface area contributed by atoms with Gasteiger partial charge < -0.3 is 14.6 Å². The lowest BCUT2D eigenvalue weighted by atomic mass is 9.99. The van der Waals surface area contributed by atoms with Crippen molar-refractivity contribution in [2.45, 2.75) is 31.8 Å². The second-order valence-electron chi connectivity index (χ2n) is 8.10. The van der Waals surface area contributed by atoms with Crippen LogP contribution in [0.1, 0.15) is 34.5 Å². The number of aryl methyl sites for hydroxylation is 1. The van der Waals surface area contributed by atoms with Crippen molar-refractivity contribution >= 4 is 22.5 Å². The van der Waals surface area contributed by atoms with E-state index < -0.39 is 0 Å². The summed E-state index contributed by atoms with van der Waals surface area (Å²) in [6, 6.07) is 16.3. The van der Waals surface area contributed by atoms with Crippen molar-refractivity contribution in [1.82, 2.24) is 9.47 Å². The monoisotopic (exact) mass is 389 g/mol.